The summed E-state index contributed by atoms with van der Waals surface area (Å²) in [7, 11) is 1.80. The van der Waals surface area contributed by atoms with E-state index in [0.29, 0.717) is 6.54 Å². The molecule has 0 aliphatic heterocycles. The van der Waals surface area contributed by atoms with E-state index in [1.165, 1.54) is 11.8 Å². The maximum Gasteiger partial charge on any atom is 0.209 e. The van der Waals surface area contributed by atoms with Crippen molar-refractivity contribution in [1.82, 2.24) is 25.2 Å². The third-order valence-corrected chi connectivity index (χ3v) is 3.41. The van der Waals surface area contributed by atoms with Gasteiger partial charge >= 0.3 is 0 Å². The van der Waals surface area contributed by atoms with Crippen LogP contribution in [0.3, 0.4) is 0 Å². The summed E-state index contributed by atoms with van der Waals surface area (Å²) < 4.78 is 1.63. The normalized spacial score (nSPS) is 12.6. The van der Waals surface area contributed by atoms with Crippen LogP contribution in [0.5, 0.6) is 0 Å². The lowest BCUT2D eigenvalue weighted by atomic mass is 10.2. The van der Waals surface area contributed by atoms with Crippen LogP contribution in [-0.2, 0) is 7.05 Å². The number of pyridine rings is 1. The van der Waals surface area contributed by atoms with Crippen molar-refractivity contribution < 1.29 is 0 Å². The first-order valence-electron chi connectivity index (χ1n) is 4.80. The quantitative estimate of drug-likeness (QED) is 0.774. The molecule has 2 heterocycles. The van der Waals surface area contributed by atoms with E-state index in [2.05, 4.69) is 20.5 Å². The van der Waals surface area contributed by atoms with Crippen LogP contribution in [0.15, 0.2) is 29.7 Å². The number of nitrogens with zero attached hydrogens (tertiary/aromatic N) is 5. The largest absolute Gasteiger partial charge is 0.329 e. The zero-order chi connectivity index (χ0) is 11.4. The molecule has 0 aliphatic rings. The number of thioether (sulfide) groups is 1. The lowest BCUT2D eigenvalue weighted by Crippen LogP contribution is -2.10. The molecule has 0 aliphatic carbocycles. The summed E-state index contributed by atoms with van der Waals surface area (Å²) in [5, 5.41) is 12.2. The highest BCUT2D eigenvalue weighted by atomic mass is 32.2. The Kier molecular flexibility index (Phi) is 3.47. The number of hydrogen-bond donors (Lipinski definition) is 1. The number of aryl methyl sites for hydroxylation is 1. The zero-order valence-electron chi connectivity index (χ0n) is 8.82. The average molecular weight is 236 g/mol. The molecule has 6 nitrogen and oxygen atoms in total. The van der Waals surface area contributed by atoms with E-state index in [-0.39, 0.29) is 5.25 Å². The van der Waals surface area contributed by atoms with Gasteiger partial charge in [0.1, 0.15) is 0 Å². The van der Waals surface area contributed by atoms with Gasteiger partial charge in [0.05, 0.1) is 5.25 Å². The predicted octanol–water partition coefficient (Wildman–Crippen LogP) is 0.397. The molecule has 84 valence electrons. The molecule has 2 rings (SSSR count). The number of aromatic nitrogens is 5. The highest BCUT2D eigenvalue weighted by Gasteiger charge is 2.14. The molecule has 0 spiro atoms. The highest BCUT2D eigenvalue weighted by Crippen LogP contribution is 2.31. The van der Waals surface area contributed by atoms with Crippen LogP contribution >= 0.6 is 11.8 Å². The summed E-state index contributed by atoms with van der Waals surface area (Å²) in [4.78, 5) is 4.08. The molecule has 2 aromatic heterocycles. The van der Waals surface area contributed by atoms with E-state index in [4.69, 9.17) is 5.73 Å². The van der Waals surface area contributed by atoms with Gasteiger partial charge in [-0.3, -0.25) is 4.98 Å². The fourth-order valence-electron chi connectivity index (χ4n) is 1.27. The van der Waals surface area contributed by atoms with E-state index in [0.717, 1.165) is 10.7 Å². The Labute approximate surface area is 97.2 Å². The second-order valence-corrected chi connectivity index (χ2v) is 4.38. The molecule has 0 saturated heterocycles. The van der Waals surface area contributed by atoms with Crippen LogP contribution < -0.4 is 5.73 Å². The number of hydrogen-bond acceptors (Lipinski definition) is 6. The molecule has 0 amide bonds. The Hall–Kier alpha value is -1.47. The average Bonchev–Trinajstić information content (AvgIpc) is 2.73. The molecule has 7 heteroatoms. The fourth-order valence-corrected chi connectivity index (χ4v) is 2.17. The second-order valence-electron chi connectivity index (χ2n) is 3.21. The molecule has 0 aromatic carbocycles. The summed E-state index contributed by atoms with van der Waals surface area (Å²) in [6.45, 7) is 0.517. The summed E-state index contributed by atoms with van der Waals surface area (Å²) in [6.07, 6.45) is 3.56. The van der Waals surface area contributed by atoms with Crippen molar-refractivity contribution in [3.63, 3.8) is 0 Å². The molecular weight excluding hydrogens is 224 g/mol. The smallest absolute Gasteiger partial charge is 0.209 e. The Morgan fingerprint density at radius 2 is 2.44 bits per heavy atom. The van der Waals surface area contributed by atoms with Gasteiger partial charge in [-0.25, -0.2) is 4.68 Å². The maximum atomic E-state index is 5.74. The summed E-state index contributed by atoms with van der Waals surface area (Å²) in [5.41, 5.74) is 6.83. The van der Waals surface area contributed by atoms with Crippen molar-refractivity contribution in [3.05, 3.63) is 30.1 Å². The first kappa shape index (κ1) is 11.0. The number of tetrazole rings is 1. The van der Waals surface area contributed by atoms with E-state index in [1.807, 2.05) is 18.3 Å². The second kappa shape index (κ2) is 5.04. The van der Waals surface area contributed by atoms with Crippen molar-refractivity contribution in [2.75, 3.05) is 6.54 Å². The Bertz CT molecular complexity index is 442. The molecule has 0 saturated carbocycles. The third kappa shape index (κ3) is 2.37. The SMILES string of the molecule is Cn1nnnc1SC(CN)c1cccnc1. The fraction of sp³-hybridized carbons (Fsp3) is 0.333. The van der Waals surface area contributed by atoms with Crippen LogP contribution in [0.25, 0.3) is 0 Å². The van der Waals surface area contributed by atoms with Crippen molar-refractivity contribution in [3.8, 4) is 0 Å². The minimum Gasteiger partial charge on any atom is -0.329 e. The van der Waals surface area contributed by atoms with E-state index >= 15 is 0 Å². The lowest BCUT2D eigenvalue weighted by Gasteiger charge is -2.12. The van der Waals surface area contributed by atoms with Gasteiger partial charge in [-0.1, -0.05) is 17.8 Å². The molecule has 2 aromatic rings. The van der Waals surface area contributed by atoms with E-state index < -0.39 is 0 Å². The molecular formula is C9H12N6S. The Balaban J connectivity index is 2.16. The standard InChI is InChI=1S/C9H12N6S/c1-15-9(12-13-14-15)16-8(5-10)7-3-2-4-11-6-7/h2-4,6,8H,5,10H2,1H3. The first-order valence-corrected chi connectivity index (χ1v) is 5.68. The van der Waals surface area contributed by atoms with E-state index in [1.54, 1.807) is 17.9 Å². The number of rotatable bonds is 4. The summed E-state index contributed by atoms with van der Waals surface area (Å²) in [5.74, 6) is 0. The van der Waals surface area contributed by atoms with Gasteiger partial charge in [0.15, 0.2) is 0 Å². The van der Waals surface area contributed by atoms with Gasteiger partial charge in [0.25, 0.3) is 0 Å². The maximum absolute atomic E-state index is 5.74. The van der Waals surface area contributed by atoms with Gasteiger partial charge in [0, 0.05) is 26.0 Å². The van der Waals surface area contributed by atoms with Crippen molar-refractivity contribution in [2.24, 2.45) is 12.8 Å². The van der Waals surface area contributed by atoms with Crippen LogP contribution in [0.1, 0.15) is 10.8 Å². The zero-order valence-corrected chi connectivity index (χ0v) is 9.63. The predicted molar refractivity (Wildman–Crippen MR) is 60.7 cm³/mol. The molecule has 0 bridgehead atoms. The molecule has 0 fully saturated rings. The van der Waals surface area contributed by atoms with Crippen LogP contribution in [-0.4, -0.2) is 31.7 Å². The first-order chi connectivity index (χ1) is 7.81. The Morgan fingerprint density at radius 3 is 3.00 bits per heavy atom. The Morgan fingerprint density at radius 1 is 1.56 bits per heavy atom. The van der Waals surface area contributed by atoms with Crippen molar-refractivity contribution in [1.29, 1.82) is 0 Å². The minimum atomic E-state index is 0.124. The van der Waals surface area contributed by atoms with E-state index in [9.17, 15) is 0 Å². The minimum absolute atomic E-state index is 0.124. The topological polar surface area (TPSA) is 82.5 Å². The van der Waals surface area contributed by atoms with Crippen molar-refractivity contribution in [2.45, 2.75) is 10.4 Å². The van der Waals surface area contributed by atoms with Crippen LogP contribution in [0, 0.1) is 0 Å². The van der Waals surface area contributed by atoms with Gasteiger partial charge in [0.2, 0.25) is 5.16 Å². The van der Waals surface area contributed by atoms with Crippen LogP contribution in [0.2, 0.25) is 0 Å². The monoisotopic (exact) mass is 236 g/mol. The molecule has 16 heavy (non-hydrogen) atoms. The lowest BCUT2D eigenvalue weighted by molar-refractivity contribution is 0.663. The third-order valence-electron chi connectivity index (χ3n) is 2.10. The van der Waals surface area contributed by atoms with Crippen molar-refractivity contribution >= 4 is 11.8 Å². The van der Waals surface area contributed by atoms with Gasteiger partial charge < -0.3 is 5.73 Å². The van der Waals surface area contributed by atoms with Gasteiger partial charge in [-0.05, 0) is 22.1 Å². The number of nitrogens with two attached hydrogens (primary N) is 1. The van der Waals surface area contributed by atoms with Crippen LogP contribution in [0.4, 0.5) is 0 Å². The summed E-state index contributed by atoms with van der Waals surface area (Å²) >= 11 is 1.54. The molecule has 0 radical (unpaired) electrons. The molecule has 1 unspecified atom stereocenters. The summed E-state index contributed by atoms with van der Waals surface area (Å²) in [6, 6.07) is 3.90. The van der Waals surface area contributed by atoms with Gasteiger partial charge in [-0.15, -0.1) is 5.10 Å². The highest BCUT2D eigenvalue weighted by molar-refractivity contribution is 7.99. The molecule has 2 N–H and O–H groups in total. The molecule has 1 atom stereocenters. The van der Waals surface area contributed by atoms with Gasteiger partial charge in [-0.2, -0.15) is 0 Å².